The van der Waals surface area contributed by atoms with Gasteiger partial charge in [-0.05, 0) is 32.0 Å². The molecule has 1 nitrogen and oxygen atoms in total. The quantitative estimate of drug-likeness (QED) is 0.672. The predicted octanol–water partition coefficient (Wildman–Crippen LogP) is 4.18. The van der Waals surface area contributed by atoms with Gasteiger partial charge < -0.3 is 5.73 Å². The lowest BCUT2D eigenvalue weighted by atomic mass is 9.80. The fraction of sp³-hybridized carbons (Fsp3) is 0.571. The van der Waals surface area contributed by atoms with Crippen molar-refractivity contribution in [3.05, 3.63) is 35.6 Å². The van der Waals surface area contributed by atoms with Gasteiger partial charge >= 0.3 is 0 Å². The fourth-order valence-corrected chi connectivity index (χ4v) is 1.60. The van der Waals surface area contributed by atoms with Gasteiger partial charge in [-0.2, -0.15) is 0 Å². The van der Waals surface area contributed by atoms with E-state index in [2.05, 4.69) is 41.2 Å². The largest absolute Gasteiger partial charge is 0.405 e. The van der Waals surface area contributed by atoms with Crippen molar-refractivity contribution in [3.8, 4) is 0 Å². The Morgan fingerprint density at radius 3 is 2.27 bits per heavy atom. The number of hydrogen-bond acceptors (Lipinski definition) is 1. The van der Waals surface area contributed by atoms with Crippen molar-refractivity contribution in [1.82, 2.24) is 0 Å². The summed E-state index contributed by atoms with van der Waals surface area (Å²) in [5.74, 6) is 0. The SMILES string of the molecule is C=C(CCC)/C(C)=C(\C)C(C)(C)/C=C\N. The van der Waals surface area contributed by atoms with Crippen LogP contribution in [0.2, 0.25) is 0 Å². The van der Waals surface area contributed by atoms with Crippen LogP contribution in [-0.2, 0) is 0 Å². The summed E-state index contributed by atoms with van der Waals surface area (Å²) in [4.78, 5) is 0. The van der Waals surface area contributed by atoms with E-state index in [0.29, 0.717) is 0 Å². The summed E-state index contributed by atoms with van der Waals surface area (Å²) in [5.41, 5.74) is 9.40. The van der Waals surface area contributed by atoms with E-state index >= 15 is 0 Å². The molecule has 0 aromatic heterocycles. The number of hydrogen-bond donors (Lipinski definition) is 1. The summed E-state index contributed by atoms with van der Waals surface area (Å²) in [6.45, 7) is 15.0. The number of nitrogens with two attached hydrogens (primary N) is 1. The second kappa shape index (κ2) is 5.79. The van der Waals surface area contributed by atoms with Gasteiger partial charge in [-0.15, -0.1) is 0 Å². The lowest BCUT2D eigenvalue weighted by Gasteiger charge is -2.24. The van der Waals surface area contributed by atoms with Crippen LogP contribution in [0.3, 0.4) is 0 Å². The lowest BCUT2D eigenvalue weighted by molar-refractivity contribution is 0.571. The van der Waals surface area contributed by atoms with Crippen LogP contribution in [0.15, 0.2) is 35.6 Å². The lowest BCUT2D eigenvalue weighted by Crippen LogP contribution is -2.12. The Kier molecular flexibility index (Phi) is 5.41. The molecule has 15 heavy (non-hydrogen) atoms. The maximum absolute atomic E-state index is 5.46. The molecule has 0 aromatic rings. The van der Waals surface area contributed by atoms with Crippen molar-refractivity contribution in [2.24, 2.45) is 11.1 Å². The first-order valence-corrected chi connectivity index (χ1v) is 5.62. The maximum atomic E-state index is 5.46. The molecule has 1 heteroatoms. The Hall–Kier alpha value is -0.980. The van der Waals surface area contributed by atoms with E-state index in [-0.39, 0.29) is 5.41 Å². The van der Waals surface area contributed by atoms with Gasteiger partial charge in [0.15, 0.2) is 0 Å². The van der Waals surface area contributed by atoms with Crippen LogP contribution in [0.4, 0.5) is 0 Å². The molecule has 2 N–H and O–H groups in total. The maximum Gasteiger partial charge on any atom is 0.00544 e. The molecule has 86 valence electrons. The Bertz CT molecular complexity index is 280. The van der Waals surface area contributed by atoms with Gasteiger partial charge in [0.2, 0.25) is 0 Å². The Morgan fingerprint density at radius 1 is 1.33 bits per heavy atom. The van der Waals surface area contributed by atoms with Gasteiger partial charge in [0.25, 0.3) is 0 Å². The van der Waals surface area contributed by atoms with Crippen molar-refractivity contribution < 1.29 is 0 Å². The molecule has 0 aromatic carbocycles. The van der Waals surface area contributed by atoms with Crippen molar-refractivity contribution in [2.45, 2.75) is 47.5 Å². The van der Waals surface area contributed by atoms with Gasteiger partial charge in [-0.1, -0.05) is 51.0 Å². The summed E-state index contributed by atoms with van der Waals surface area (Å²) in [6, 6.07) is 0. The van der Waals surface area contributed by atoms with Crippen molar-refractivity contribution >= 4 is 0 Å². The minimum atomic E-state index is 0.0233. The van der Waals surface area contributed by atoms with Gasteiger partial charge in [-0.25, -0.2) is 0 Å². The predicted molar refractivity (Wildman–Crippen MR) is 69.5 cm³/mol. The number of rotatable bonds is 5. The summed E-state index contributed by atoms with van der Waals surface area (Å²) in [6.07, 6.45) is 5.88. The molecule has 0 radical (unpaired) electrons. The van der Waals surface area contributed by atoms with E-state index in [1.54, 1.807) is 6.20 Å². The molecule has 0 aliphatic rings. The molecule has 0 saturated carbocycles. The highest BCUT2D eigenvalue weighted by Gasteiger charge is 2.18. The van der Waals surface area contributed by atoms with Gasteiger partial charge in [0, 0.05) is 5.41 Å². The normalized spacial score (nSPS) is 14.2. The monoisotopic (exact) mass is 207 g/mol. The van der Waals surface area contributed by atoms with Crippen LogP contribution >= 0.6 is 0 Å². The third-order valence-corrected chi connectivity index (χ3v) is 3.12. The van der Waals surface area contributed by atoms with Gasteiger partial charge in [0.05, 0.1) is 0 Å². The zero-order valence-corrected chi connectivity index (χ0v) is 10.9. The molecule has 0 aliphatic carbocycles. The molecule has 0 heterocycles. The number of allylic oxidation sites excluding steroid dienone is 4. The van der Waals surface area contributed by atoms with E-state index in [9.17, 15) is 0 Å². The van der Waals surface area contributed by atoms with Crippen LogP contribution in [0.25, 0.3) is 0 Å². The fourth-order valence-electron chi connectivity index (χ4n) is 1.60. The van der Waals surface area contributed by atoms with Crippen LogP contribution in [0.1, 0.15) is 47.5 Å². The molecule has 0 fully saturated rings. The molecule has 0 spiro atoms. The highest BCUT2D eigenvalue weighted by atomic mass is 14.5. The van der Waals surface area contributed by atoms with Crippen molar-refractivity contribution in [3.63, 3.8) is 0 Å². The summed E-state index contributed by atoms with van der Waals surface area (Å²) < 4.78 is 0. The molecule has 0 aliphatic heterocycles. The molecule has 0 atom stereocenters. The average Bonchev–Trinajstić information content (AvgIpc) is 2.15. The van der Waals surface area contributed by atoms with Crippen LogP contribution in [0.5, 0.6) is 0 Å². The third-order valence-electron chi connectivity index (χ3n) is 3.12. The van der Waals surface area contributed by atoms with Crippen LogP contribution in [0, 0.1) is 5.41 Å². The van der Waals surface area contributed by atoms with E-state index in [4.69, 9.17) is 5.73 Å². The summed E-state index contributed by atoms with van der Waals surface area (Å²) in [7, 11) is 0. The second-order valence-electron chi connectivity index (χ2n) is 4.68. The first-order valence-electron chi connectivity index (χ1n) is 5.62. The smallest absolute Gasteiger partial charge is 0.00544 e. The summed E-state index contributed by atoms with van der Waals surface area (Å²) >= 11 is 0. The molecule has 0 bridgehead atoms. The second-order valence-corrected chi connectivity index (χ2v) is 4.68. The first kappa shape index (κ1) is 14.0. The van der Waals surface area contributed by atoms with E-state index in [0.717, 1.165) is 12.8 Å². The molecule has 0 amide bonds. The highest BCUT2D eigenvalue weighted by molar-refractivity contribution is 5.35. The Morgan fingerprint density at radius 2 is 1.87 bits per heavy atom. The van der Waals surface area contributed by atoms with Crippen molar-refractivity contribution in [2.75, 3.05) is 0 Å². The van der Waals surface area contributed by atoms with E-state index < -0.39 is 0 Å². The zero-order valence-electron chi connectivity index (χ0n) is 10.9. The Labute approximate surface area is 94.8 Å². The standard InChI is InChI=1S/C14H25N/c1-7-8-11(2)12(3)13(4)14(5,6)9-10-15/h9-10H,2,7-8,15H2,1,3-6H3/b10-9-,13-12+. The molecule has 0 unspecified atom stereocenters. The van der Waals surface area contributed by atoms with Crippen molar-refractivity contribution in [1.29, 1.82) is 0 Å². The van der Waals surface area contributed by atoms with E-state index in [1.807, 2.05) is 6.08 Å². The van der Waals surface area contributed by atoms with Crippen LogP contribution in [-0.4, -0.2) is 0 Å². The minimum absolute atomic E-state index is 0.0233. The first-order chi connectivity index (χ1) is 6.86. The Balaban J connectivity index is 5.00. The zero-order chi connectivity index (χ0) is 12.1. The van der Waals surface area contributed by atoms with E-state index in [1.165, 1.54) is 16.7 Å². The van der Waals surface area contributed by atoms with Gasteiger partial charge in [-0.3, -0.25) is 0 Å². The molecule has 0 rings (SSSR count). The average molecular weight is 207 g/mol. The third kappa shape index (κ3) is 3.94. The molecule has 0 saturated heterocycles. The topological polar surface area (TPSA) is 26.0 Å². The van der Waals surface area contributed by atoms with Gasteiger partial charge in [0.1, 0.15) is 0 Å². The highest BCUT2D eigenvalue weighted by Crippen LogP contribution is 2.32. The molecular formula is C14H25N. The molecular weight excluding hydrogens is 182 g/mol. The minimum Gasteiger partial charge on any atom is -0.405 e. The van der Waals surface area contributed by atoms with Crippen LogP contribution < -0.4 is 5.73 Å². The summed E-state index contributed by atoms with van der Waals surface area (Å²) in [5, 5.41) is 0.